The van der Waals surface area contributed by atoms with Crippen LogP contribution < -0.4 is 5.73 Å². The molecule has 5 N–H and O–H groups in total. The molecule has 0 aliphatic rings. The van der Waals surface area contributed by atoms with Crippen molar-refractivity contribution in [1.82, 2.24) is 4.90 Å². The number of phenols is 1. The van der Waals surface area contributed by atoms with Crippen LogP contribution in [-0.4, -0.2) is 46.5 Å². The molecule has 0 saturated carbocycles. The highest BCUT2D eigenvalue weighted by molar-refractivity contribution is 7.10. The maximum atomic E-state index is 9.74. The van der Waals surface area contributed by atoms with Gasteiger partial charge in [0.25, 0.3) is 0 Å². The molecule has 0 fully saturated rings. The van der Waals surface area contributed by atoms with Crippen LogP contribution in [0.3, 0.4) is 0 Å². The number of aromatic hydroxyl groups is 1. The molecule has 6 heteroatoms. The Morgan fingerprint density at radius 2 is 1.81 bits per heavy atom. The van der Waals surface area contributed by atoms with Crippen LogP contribution in [0.15, 0.2) is 29.6 Å². The van der Waals surface area contributed by atoms with Crippen molar-refractivity contribution in [3.8, 4) is 16.9 Å². The lowest BCUT2D eigenvalue weighted by Crippen LogP contribution is -2.29. The third kappa shape index (κ3) is 3.95. The van der Waals surface area contributed by atoms with Crippen LogP contribution in [0, 0.1) is 0 Å². The molecule has 2 aromatic rings. The molecular formula is C15H20N2O3S. The highest BCUT2D eigenvalue weighted by Gasteiger charge is 2.12. The van der Waals surface area contributed by atoms with Gasteiger partial charge >= 0.3 is 0 Å². The molecule has 0 bridgehead atoms. The summed E-state index contributed by atoms with van der Waals surface area (Å²) in [6.07, 6.45) is 0. The molecule has 1 aromatic heterocycles. The van der Waals surface area contributed by atoms with Gasteiger partial charge in [-0.3, -0.25) is 4.90 Å². The number of nitrogens with two attached hydrogens (primary N) is 1. The molecule has 1 aromatic carbocycles. The van der Waals surface area contributed by atoms with E-state index in [9.17, 15) is 5.11 Å². The second kappa shape index (κ2) is 7.42. The maximum Gasteiger partial charge on any atom is 0.139 e. The van der Waals surface area contributed by atoms with Crippen molar-refractivity contribution in [2.75, 3.05) is 32.0 Å². The Labute approximate surface area is 127 Å². The maximum absolute atomic E-state index is 9.74. The fourth-order valence-electron chi connectivity index (χ4n) is 2.19. The lowest BCUT2D eigenvalue weighted by molar-refractivity contribution is 0.157. The normalized spacial score (nSPS) is 11.2. The molecule has 1 heterocycles. The topological polar surface area (TPSA) is 90.0 Å². The molecule has 0 saturated heterocycles. The molecule has 0 radical (unpaired) electrons. The Hall–Kier alpha value is -1.60. The minimum Gasteiger partial charge on any atom is -0.506 e. The third-order valence-electron chi connectivity index (χ3n) is 3.29. The number of hydrogen-bond acceptors (Lipinski definition) is 6. The molecule has 0 aliphatic heterocycles. The SMILES string of the molecule is Nc1ccc(-c2ccsc2CN(CCO)CCO)cc1O. The summed E-state index contributed by atoms with van der Waals surface area (Å²) < 4.78 is 0. The second-order valence-corrected chi connectivity index (χ2v) is 5.76. The van der Waals surface area contributed by atoms with Gasteiger partial charge in [-0.05, 0) is 34.7 Å². The number of thiophene rings is 1. The Balaban J connectivity index is 2.22. The highest BCUT2D eigenvalue weighted by Crippen LogP contribution is 2.33. The summed E-state index contributed by atoms with van der Waals surface area (Å²) in [7, 11) is 0. The molecule has 2 rings (SSSR count). The van der Waals surface area contributed by atoms with Crippen molar-refractivity contribution in [2.45, 2.75) is 6.54 Å². The molecule has 21 heavy (non-hydrogen) atoms. The summed E-state index contributed by atoms with van der Waals surface area (Å²) in [5.41, 5.74) is 7.93. The van der Waals surface area contributed by atoms with Crippen LogP contribution in [-0.2, 0) is 6.54 Å². The summed E-state index contributed by atoms with van der Waals surface area (Å²) in [6, 6.07) is 7.22. The number of benzene rings is 1. The number of phenolic OH excluding ortho intramolecular Hbond substituents is 1. The molecular weight excluding hydrogens is 288 g/mol. The average molecular weight is 308 g/mol. The van der Waals surface area contributed by atoms with E-state index in [1.54, 1.807) is 23.5 Å². The molecule has 5 nitrogen and oxygen atoms in total. The van der Waals surface area contributed by atoms with Crippen LogP contribution >= 0.6 is 11.3 Å². The van der Waals surface area contributed by atoms with Crippen LogP contribution in [0.5, 0.6) is 5.75 Å². The minimum absolute atomic E-state index is 0.0589. The minimum atomic E-state index is 0.0589. The first-order chi connectivity index (χ1) is 10.2. The predicted molar refractivity (Wildman–Crippen MR) is 85.3 cm³/mol. The van der Waals surface area contributed by atoms with E-state index in [0.29, 0.717) is 25.3 Å². The lowest BCUT2D eigenvalue weighted by Gasteiger charge is -2.20. The molecule has 114 valence electrons. The predicted octanol–water partition coefficient (Wildman–Crippen LogP) is 1.49. The molecule has 0 aliphatic carbocycles. The fraction of sp³-hybridized carbons (Fsp3) is 0.333. The zero-order valence-electron chi connectivity index (χ0n) is 11.7. The molecule has 0 spiro atoms. The van der Waals surface area contributed by atoms with Crippen molar-refractivity contribution in [3.05, 3.63) is 34.5 Å². The lowest BCUT2D eigenvalue weighted by atomic mass is 10.1. The van der Waals surface area contributed by atoms with Gasteiger partial charge in [0.05, 0.1) is 18.9 Å². The van der Waals surface area contributed by atoms with Gasteiger partial charge in [0.15, 0.2) is 0 Å². The standard InChI is InChI=1S/C15H20N2O3S/c16-13-2-1-11(9-14(13)20)12-3-8-21-15(12)10-17(4-6-18)5-7-19/h1-3,8-9,18-20H,4-7,10,16H2. The summed E-state index contributed by atoms with van der Waals surface area (Å²) in [5, 5.41) is 29.9. The molecule has 0 amide bonds. The fourth-order valence-corrected chi connectivity index (χ4v) is 3.13. The van der Waals surface area contributed by atoms with Gasteiger partial charge < -0.3 is 21.1 Å². The first-order valence-electron chi connectivity index (χ1n) is 6.75. The Morgan fingerprint density at radius 3 is 2.43 bits per heavy atom. The van der Waals surface area contributed by atoms with E-state index < -0.39 is 0 Å². The van der Waals surface area contributed by atoms with Crippen LogP contribution in [0.2, 0.25) is 0 Å². The average Bonchev–Trinajstić information content (AvgIpc) is 2.90. The van der Waals surface area contributed by atoms with Gasteiger partial charge in [0.1, 0.15) is 5.75 Å². The van der Waals surface area contributed by atoms with E-state index in [-0.39, 0.29) is 19.0 Å². The zero-order valence-corrected chi connectivity index (χ0v) is 12.5. The van der Waals surface area contributed by atoms with Gasteiger partial charge in [-0.2, -0.15) is 0 Å². The van der Waals surface area contributed by atoms with Crippen LogP contribution in [0.25, 0.3) is 11.1 Å². The summed E-state index contributed by atoms with van der Waals surface area (Å²) in [4.78, 5) is 3.12. The van der Waals surface area contributed by atoms with Crippen molar-refractivity contribution in [1.29, 1.82) is 0 Å². The van der Waals surface area contributed by atoms with Crippen molar-refractivity contribution in [3.63, 3.8) is 0 Å². The van der Waals surface area contributed by atoms with Crippen LogP contribution in [0.4, 0.5) is 5.69 Å². The van der Waals surface area contributed by atoms with E-state index >= 15 is 0 Å². The van der Waals surface area contributed by atoms with Gasteiger partial charge in [-0.15, -0.1) is 11.3 Å². The van der Waals surface area contributed by atoms with Crippen molar-refractivity contribution < 1.29 is 15.3 Å². The van der Waals surface area contributed by atoms with E-state index in [1.165, 1.54) is 0 Å². The van der Waals surface area contributed by atoms with Gasteiger partial charge in [0.2, 0.25) is 0 Å². The van der Waals surface area contributed by atoms with Crippen molar-refractivity contribution in [2.24, 2.45) is 0 Å². The number of hydrogen-bond donors (Lipinski definition) is 4. The third-order valence-corrected chi connectivity index (χ3v) is 4.19. The summed E-state index contributed by atoms with van der Waals surface area (Å²) in [6.45, 7) is 1.81. The van der Waals surface area contributed by atoms with E-state index in [0.717, 1.165) is 16.0 Å². The second-order valence-electron chi connectivity index (χ2n) is 4.75. The van der Waals surface area contributed by atoms with Gasteiger partial charge in [0, 0.05) is 24.5 Å². The van der Waals surface area contributed by atoms with E-state index in [4.69, 9.17) is 15.9 Å². The quantitative estimate of drug-likeness (QED) is 0.460. The first kappa shape index (κ1) is 15.8. The van der Waals surface area contributed by atoms with Gasteiger partial charge in [-0.25, -0.2) is 0 Å². The van der Waals surface area contributed by atoms with Gasteiger partial charge in [-0.1, -0.05) is 6.07 Å². The summed E-state index contributed by atoms with van der Waals surface area (Å²) in [5.74, 6) is 0.0761. The monoisotopic (exact) mass is 308 g/mol. The van der Waals surface area contributed by atoms with E-state index in [1.807, 2.05) is 22.4 Å². The Bertz CT molecular complexity index is 580. The summed E-state index contributed by atoms with van der Waals surface area (Å²) >= 11 is 1.62. The van der Waals surface area contributed by atoms with E-state index in [2.05, 4.69) is 0 Å². The molecule has 0 atom stereocenters. The Kier molecular flexibility index (Phi) is 5.58. The number of aliphatic hydroxyl groups excluding tert-OH is 2. The van der Waals surface area contributed by atoms with Crippen molar-refractivity contribution >= 4 is 17.0 Å². The molecule has 0 unspecified atom stereocenters. The number of nitrogen functional groups attached to an aromatic ring is 1. The smallest absolute Gasteiger partial charge is 0.139 e. The first-order valence-corrected chi connectivity index (χ1v) is 7.63. The van der Waals surface area contributed by atoms with Crippen LogP contribution in [0.1, 0.15) is 4.88 Å². The highest BCUT2D eigenvalue weighted by atomic mass is 32.1. The number of anilines is 1. The zero-order chi connectivity index (χ0) is 15.2. The number of nitrogens with zero attached hydrogens (tertiary/aromatic N) is 1. The Morgan fingerprint density at radius 1 is 1.10 bits per heavy atom. The largest absolute Gasteiger partial charge is 0.506 e. The number of rotatable bonds is 7. The number of aliphatic hydroxyl groups is 2.